The molecule has 2 aromatic carbocycles. The average Bonchev–Trinajstić information content (AvgIpc) is 3.12. The van der Waals surface area contributed by atoms with Gasteiger partial charge in [0.2, 0.25) is 11.7 Å². The number of rotatable bonds is 8. The van der Waals surface area contributed by atoms with Gasteiger partial charge in [0, 0.05) is 5.69 Å². The monoisotopic (exact) mass is 420 g/mol. The lowest BCUT2D eigenvalue weighted by molar-refractivity contribution is -0.144. The molecule has 0 spiro atoms. The number of amides is 1. The van der Waals surface area contributed by atoms with Crippen LogP contribution < -0.4 is 10.1 Å². The minimum absolute atomic E-state index is 0.178. The quantitative estimate of drug-likeness (QED) is 0.576. The van der Waals surface area contributed by atoms with E-state index < -0.39 is 12.0 Å². The highest BCUT2D eigenvalue weighted by molar-refractivity contribution is 5.94. The van der Waals surface area contributed by atoms with Crippen LogP contribution in [0.15, 0.2) is 42.5 Å². The van der Waals surface area contributed by atoms with Crippen molar-refractivity contribution in [3.63, 3.8) is 0 Å². The van der Waals surface area contributed by atoms with Crippen molar-refractivity contribution in [2.45, 2.75) is 19.0 Å². The van der Waals surface area contributed by atoms with Crippen LogP contribution in [0, 0.1) is 0 Å². The van der Waals surface area contributed by atoms with Gasteiger partial charge in [0.05, 0.1) is 24.7 Å². The number of ether oxygens (including phenoxy) is 1. The van der Waals surface area contributed by atoms with E-state index >= 15 is 0 Å². The van der Waals surface area contributed by atoms with E-state index in [9.17, 15) is 18.0 Å². The van der Waals surface area contributed by atoms with Crippen molar-refractivity contribution in [3.05, 3.63) is 53.9 Å². The smallest absolute Gasteiger partial charge is 0.449 e. The lowest BCUT2D eigenvalue weighted by Gasteiger charge is -2.16. The standard InChI is InChI=1S/C21H23F3N4O2/c1-28(11-3-4-14-5-8-16(30-2)9-6-14)13-19(29)25-15-7-10-17-18(12-15)27-20(26-17)21(22,23)24/h5-10,12H,3-4,11,13H2,1-2H3,(H,25,29)(H,26,27). The number of H-pyrrole nitrogens is 1. The SMILES string of the molecule is COc1ccc(CCCN(C)CC(=O)Nc2ccc3nc(C(F)(F)F)[nH]c3c2)cc1. The Morgan fingerprint density at radius 2 is 1.93 bits per heavy atom. The summed E-state index contributed by atoms with van der Waals surface area (Å²) in [7, 11) is 3.48. The fraction of sp³-hybridized carbons (Fsp3) is 0.333. The van der Waals surface area contributed by atoms with Crippen molar-refractivity contribution in [2.75, 3.05) is 32.6 Å². The minimum Gasteiger partial charge on any atom is -0.497 e. The van der Waals surface area contributed by atoms with Crippen LogP contribution in [0.2, 0.25) is 0 Å². The molecule has 1 heterocycles. The third-order valence-corrected chi connectivity index (χ3v) is 4.61. The van der Waals surface area contributed by atoms with Crippen LogP contribution in [0.3, 0.4) is 0 Å². The molecule has 0 saturated carbocycles. The summed E-state index contributed by atoms with van der Waals surface area (Å²) in [5.74, 6) is -0.482. The number of fused-ring (bicyclic) bond motifs is 1. The summed E-state index contributed by atoms with van der Waals surface area (Å²) in [6, 6.07) is 12.3. The zero-order chi connectivity index (χ0) is 21.7. The maximum absolute atomic E-state index is 12.7. The number of benzene rings is 2. The Labute approximate surface area is 172 Å². The highest BCUT2D eigenvalue weighted by atomic mass is 19.4. The summed E-state index contributed by atoms with van der Waals surface area (Å²) < 4.78 is 43.4. The van der Waals surface area contributed by atoms with Crippen LogP contribution in [-0.2, 0) is 17.4 Å². The Bertz CT molecular complexity index is 1000. The second-order valence-electron chi connectivity index (χ2n) is 7.05. The van der Waals surface area contributed by atoms with Gasteiger partial charge in [-0.3, -0.25) is 9.69 Å². The number of carbonyl (C=O) groups excluding carboxylic acids is 1. The predicted molar refractivity (Wildman–Crippen MR) is 109 cm³/mol. The number of aromatic nitrogens is 2. The molecule has 0 atom stereocenters. The molecule has 3 rings (SSSR count). The normalized spacial score (nSPS) is 11.8. The average molecular weight is 420 g/mol. The Balaban J connectivity index is 1.48. The van der Waals surface area contributed by atoms with Crippen molar-refractivity contribution in [3.8, 4) is 5.75 Å². The summed E-state index contributed by atoms with van der Waals surface area (Å²) in [4.78, 5) is 19.9. The van der Waals surface area contributed by atoms with E-state index in [1.165, 1.54) is 23.8 Å². The number of nitrogens with zero attached hydrogens (tertiary/aromatic N) is 2. The van der Waals surface area contributed by atoms with Crippen LogP contribution >= 0.6 is 0 Å². The molecule has 0 aliphatic carbocycles. The molecule has 3 aromatic rings. The molecule has 0 radical (unpaired) electrons. The minimum atomic E-state index is -4.54. The predicted octanol–water partition coefficient (Wildman–Crippen LogP) is 4.09. The summed E-state index contributed by atoms with van der Waals surface area (Å²) >= 11 is 0. The number of carbonyl (C=O) groups is 1. The number of nitrogens with one attached hydrogen (secondary N) is 2. The number of alkyl halides is 3. The van der Waals surface area contributed by atoms with Crippen LogP contribution in [0.4, 0.5) is 18.9 Å². The number of anilines is 1. The third kappa shape index (κ3) is 5.73. The summed E-state index contributed by atoms with van der Waals surface area (Å²) in [5.41, 5.74) is 2.01. The topological polar surface area (TPSA) is 70.2 Å². The van der Waals surface area contributed by atoms with Crippen molar-refractivity contribution in [1.82, 2.24) is 14.9 Å². The lowest BCUT2D eigenvalue weighted by Crippen LogP contribution is -2.31. The molecule has 0 aliphatic rings. The summed E-state index contributed by atoms with van der Waals surface area (Å²) in [6.07, 6.45) is -2.78. The van der Waals surface area contributed by atoms with Gasteiger partial charge in [-0.2, -0.15) is 13.2 Å². The number of halogens is 3. The van der Waals surface area contributed by atoms with Crippen molar-refractivity contribution < 1.29 is 22.7 Å². The van der Waals surface area contributed by atoms with Gasteiger partial charge in [-0.15, -0.1) is 0 Å². The van der Waals surface area contributed by atoms with E-state index in [2.05, 4.69) is 15.3 Å². The third-order valence-electron chi connectivity index (χ3n) is 4.61. The maximum Gasteiger partial charge on any atom is 0.449 e. The molecular weight excluding hydrogens is 397 g/mol. The Kier molecular flexibility index (Phi) is 6.61. The molecule has 0 aliphatic heterocycles. The molecule has 0 bridgehead atoms. The van der Waals surface area contributed by atoms with Crippen molar-refractivity contribution >= 4 is 22.6 Å². The van der Waals surface area contributed by atoms with Crippen LogP contribution in [0.1, 0.15) is 17.8 Å². The van der Waals surface area contributed by atoms with Gasteiger partial charge in [0.1, 0.15) is 5.75 Å². The second-order valence-corrected chi connectivity index (χ2v) is 7.05. The number of hydrogen-bond donors (Lipinski definition) is 2. The largest absolute Gasteiger partial charge is 0.497 e. The van der Waals surface area contributed by atoms with Gasteiger partial charge in [-0.05, 0) is 62.3 Å². The van der Waals surface area contributed by atoms with E-state index in [0.29, 0.717) is 5.69 Å². The first-order valence-corrected chi connectivity index (χ1v) is 9.43. The number of hydrogen-bond acceptors (Lipinski definition) is 4. The van der Waals surface area contributed by atoms with E-state index in [0.717, 1.165) is 25.1 Å². The fourth-order valence-corrected chi connectivity index (χ4v) is 3.09. The van der Waals surface area contributed by atoms with E-state index in [1.54, 1.807) is 7.11 Å². The van der Waals surface area contributed by atoms with Gasteiger partial charge < -0.3 is 15.0 Å². The molecule has 160 valence electrons. The Morgan fingerprint density at radius 3 is 2.60 bits per heavy atom. The molecule has 9 heteroatoms. The zero-order valence-electron chi connectivity index (χ0n) is 16.7. The van der Waals surface area contributed by atoms with Gasteiger partial charge in [0.15, 0.2) is 0 Å². The van der Waals surface area contributed by atoms with Gasteiger partial charge in [-0.1, -0.05) is 12.1 Å². The molecule has 0 fully saturated rings. The highest BCUT2D eigenvalue weighted by Crippen LogP contribution is 2.29. The molecule has 1 amide bonds. The Hall–Kier alpha value is -3.07. The number of methoxy groups -OCH3 is 1. The Morgan fingerprint density at radius 1 is 1.20 bits per heavy atom. The fourth-order valence-electron chi connectivity index (χ4n) is 3.09. The summed E-state index contributed by atoms with van der Waals surface area (Å²) in [5, 5.41) is 2.71. The number of likely N-dealkylation sites (N-methyl/N-ethyl adjacent to an activating group) is 1. The van der Waals surface area contributed by atoms with Crippen LogP contribution in [0.5, 0.6) is 5.75 Å². The van der Waals surface area contributed by atoms with Gasteiger partial charge >= 0.3 is 6.18 Å². The van der Waals surface area contributed by atoms with E-state index in [4.69, 9.17) is 4.74 Å². The number of imidazole rings is 1. The zero-order valence-corrected chi connectivity index (χ0v) is 16.7. The first-order valence-electron chi connectivity index (χ1n) is 9.43. The van der Waals surface area contributed by atoms with Crippen molar-refractivity contribution in [2.24, 2.45) is 0 Å². The van der Waals surface area contributed by atoms with Crippen LogP contribution in [0.25, 0.3) is 11.0 Å². The van der Waals surface area contributed by atoms with Gasteiger partial charge in [0.25, 0.3) is 0 Å². The molecule has 1 aromatic heterocycles. The molecule has 0 unspecified atom stereocenters. The first kappa shape index (κ1) is 21.6. The van der Waals surface area contributed by atoms with E-state index in [1.807, 2.05) is 36.2 Å². The molecular formula is C21H23F3N4O2. The highest BCUT2D eigenvalue weighted by Gasteiger charge is 2.34. The second kappa shape index (κ2) is 9.17. The molecule has 30 heavy (non-hydrogen) atoms. The first-order chi connectivity index (χ1) is 14.2. The van der Waals surface area contributed by atoms with Crippen molar-refractivity contribution in [1.29, 1.82) is 0 Å². The van der Waals surface area contributed by atoms with Crippen LogP contribution in [-0.4, -0.2) is 48.0 Å². The lowest BCUT2D eigenvalue weighted by atomic mass is 10.1. The summed E-state index contributed by atoms with van der Waals surface area (Å²) in [6.45, 7) is 0.908. The molecule has 0 saturated heterocycles. The number of aromatic amines is 1. The van der Waals surface area contributed by atoms with Gasteiger partial charge in [-0.25, -0.2) is 4.98 Å². The molecule has 6 nitrogen and oxygen atoms in total. The number of aryl methyl sites for hydroxylation is 1. The maximum atomic E-state index is 12.7. The van der Waals surface area contributed by atoms with E-state index in [-0.39, 0.29) is 23.5 Å². The molecule has 2 N–H and O–H groups in total.